The Labute approximate surface area is 201 Å². The molecule has 180 valence electrons. The molecule has 0 saturated carbocycles. The van der Waals surface area contributed by atoms with Crippen molar-refractivity contribution >= 4 is 27.9 Å². The minimum Gasteiger partial charge on any atom is -0.418 e. The zero-order valence-electron chi connectivity index (χ0n) is 20.2. The van der Waals surface area contributed by atoms with Crippen LogP contribution < -0.4 is 10.6 Å². The van der Waals surface area contributed by atoms with Crippen molar-refractivity contribution in [2.45, 2.75) is 45.6 Å². The molecule has 35 heavy (non-hydrogen) atoms. The van der Waals surface area contributed by atoms with Crippen molar-refractivity contribution in [1.82, 2.24) is 34.3 Å². The van der Waals surface area contributed by atoms with E-state index in [1.54, 1.807) is 0 Å². The first-order chi connectivity index (χ1) is 17.0. The number of benzene rings is 1. The van der Waals surface area contributed by atoms with E-state index in [1.165, 1.54) is 0 Å². The van der Waals surface area contributed by atoms with E-state index in [9.17, 15) is 4.79 Å². The van der Waals surface area contributed by atoms with Crippen molar-refractivity contribution in [3.05, 3.63) is 52.4 Å². The number of imidazole rings is 2. The van der Waals surface area contributed by atoms with Crippen LogP contribution >= 0.6 is 0 Å². The largest absolute Gasteiger partial charge is 0.418 e. The van der Waals surface area contributed by atoms with Gasteiger partial charge in [0.15, 0.2) is 5.65 Å². The van der Waals surface area contributed by atoms with Gasteiger partial charge in [0.05, 0.1) is 16.7 Å². The zero-order chi connectivity index (χ0) is 24.1. The van der Waals surface area contributed by atoms with E-state index in [-0.39, 0.29) is 11.7 Å². The van der Waals surface area contributed by atoms with Crippen LogP contribution in [-0.2, 0) is 13.5 Å². The third-order valence-electron chi connectivity index (χ3n) is 6.94. The van der Waals surface area contributed by atoms with Gasteiger partial charge in [-0.1, -0.05) is 19.1 Å². The predicted molar refractivity (Wildman–Crippen MR) is 134 cm³/mol. The van der Waals surface area contributed by atoms with Gasteiger partial charge >= 0.3 is 5.69 Å². The summed E-state index contributed by atoms with van der Waals surface area (Å²) in [5, 5.41) is 8.37. The quantitative estimate of drug-likeness (QED) is 0.415. The van der Waals surface area contributed by atoms with Crippen molar-refractivity contribution in [3.63, 3.8) is 0 Å². The second-order valence-electron chi connectivity index (χ2n) is 9.24. The van der Waals surface area contributed by atoms with Crippen LogP contribution in [0, 0.1) is 6.92 Å². The number of pyridine rings is 1. The Morgan fingerprint density at radius 1 is 1.17 bits per heavy atom. The van der Waals surface area contributed by atoms with Crippen LogP contribution in [-0.4, -0.2) is 47.4 Å². The number of hydrogen-bond acceptors (Lipinski definition) is 7. The number of anilines is 1. The Bertz CT molecular complexity index is 1580. The molecule has 0 atom stereocenters. The SMILES string of the molecule is CCCc1nnc(-c2nc3c(N4CCC(n5c(=O)[nH]c6ccccc65)CC4)c(C)cnc3n2C)o1. The standard InChI is InChI=1S/C25H28N8O2/c1-4-7-19-29-30-24(35-19)23-28-20-21(15(2)14-26-22(20)31(23)3)32-12-10-16(11-13-32)33-18-9-6-5-8-17(18)27-25(33)34/h5-6,8-9,14,16H,4,7,10-13H2,1-3H3,(H,27,34). The number of piperidine rings is 1. The Morgan fingerprint density at radius 2 is 1.97 bits per heavy atom. The first-order valence-electron chi connectivity index (χ1n) is 12.1. The molecular weight excluding hydrogens is 444 g/mol. The monoisotopic (exact) mass is 472 g/mol. The van der Waals surface area contributed by atoms with Crippen LogP contribution in [0.1, 0.15) is 43.7 Å². The molecule has 0 bridgehead atoms. The average molecular weight is 473 g/mol. The van der Waals surface area contributed by atoms with Crippen molar-refractivity contribution in [2.24, 2.45) is 7.05 Å². The topological polar surface area (TPSA) is 111 Å². The van der Waals surface area contributed by atoms with Gasteiger partial charge in [-0.3, -0.25) is 4.57 Å². The van der Waals surface area contributed by atoms with Crippen molar-refractivity contribution in [1.29, 1.82) is 0 Å². The lowest BCUT2D eigenvalue weighted by atomic mass is 10.0. The number of aromatic nitrogens is 7. The van der Waals surface area contributed by atoms with Crippen LogP contribution in [0.3, 0.4) is 0 Å². The fourth-order valence-electron chi connectivity index (χ4n) is 5.24. The van der Waals surface area contributed by atoms with Gasteiger partial charge in [0.25, 0.3) is 5.89 Å². The van der Waals surface area contributed by atoms with E-state index in [4.69, 9.17) is 9.40 Å². The molecule has 1 fully saturated rings. The van der Waals surface area contributed by atoms with E-state index < -0.39 is 0 Å². The lowest BCUT2D eigenvalue weighted by Crippen LogP contribution is -2.37. The second-order valence-corrected chi connectivity index (χ2v) is 9.24. The Morgan fingerprint density at radius 3 is 2.77 bits per heavy atom. The highest BCUT2D eigenvalue weighted by Crippen LogP contribution is 2.35. The molecule has 1 aromatic carbocycles. The highest BCUT2D eigenvalue weighted by atomic mass is 16.4. The highest BCUT2D eigenvalue weighted by molar-refractivity contribution is 5.90. The van der Waals surface area contributed by atoms with Gasteiger partial charge in [-0.15, -0.1) is 10.2 Å². The first-order valence-corrected chi connectivity index (χ1v) is 12.1. The highest BCUT2D eigenvalue weighted by Gasteiger charge is 2.27. The molecule has 0 radical (unpaired) electrons. The maximum absolute atomic E-state index is 12.7. The summed E-state index contributed by atoms with van der Waals surface area (Å²) in [6.07, 6.45) is 5.32. The summed E-state index contributed by atoms with van der Waals surface area (Å²) < 4.78 is 9.69. The molecule has 10 heteroatoms. The van der Waals surface area contributed by atoms with E-state index in [0.29, 0.717) is 17.6 Å². The number of rotatable bonds is 5. The van der Waals surface area contributed by atoms with Crippen LogP contribution in [0.4, 0.5) is 5.69 Å². The molecule has 5 heterocycles. The van der Waals surface area contributed by atoms with Crippen molar-refractivity contribution < 1.29 is 4.42 Å². The van der Waals surface area contributed by atoms with Gasteiger partial charge < -0.3 is 18.9 Å². The Balaban J connectivity index is 1.32. The van der Waals surface area contributed by atoms with E-state index >= 15 is 0 Å². The number of aromatic amines is 1. The molecule has 0 amide bonds. The number of fused-ring (bicyclic) bond motifs is 2. The van der Waals surface area contributed by atoms with Gasteiger partial charge in [-0.2, -0.15) is 0 Å². The molecule has 1 aliphatic heterocycles. The molecule has 0 unspecified atom stereocenters. The lowest BCUT2D eigenvalue weighted by Gasteiger charge is -2.34. The molecule has 5 aromatic rings. The Hall–Kier alpha value is -3.95. The molecule has 4 aromatic heterocycles. The van der Waals surface area contributed by atoms with Gasteiger partial charge in [0.2, 0.25) is 11.7 Å². The summed E-state index contributed by atoms with van der Waals surface area (Å²) in [7, 11) is 1.93. The number of para-hydroxylation sites is 2. The molecular formula is C25H28N8O2. The minimum absolute atomic E-state index is 0.0384. The molecule has 0 spiro atoms. The van der Waals surface area contributed by atoms with Crippen LogP contribution in [0.5, 0.6) is 0 Å². The molecule has 1 N–H and O–H groups in total. The maximum atomic E-state index is 12.7. The zero-order valence-corrected chi connectivity index (χ0v) is 20.2. The van der Waals surface area contributed by atoms with Crippen LogP contribution in [0.25, 0.3) is 33.9 Å². The summed E-state index contributed by atoms with van der Waals surface area (Å²) >= 11 is 0. The number of H-pyrrole nitrogens is 1. The molecule has 6 rings (SSSR count). The second kappa shape index (κ2) is 8.37. The van der Waals surface area contributed by atoms with E-state index in [0.717, 1.165) is 72.2 Å². The van der Waals surface area contributed by atoms with Gasteiger partial charge in [0.1, 0.15) is 5.52 Å². The number of nitrogens with one attached hydrogen (secondary N) is 1. The normalized spacial score (nSPS) is 15.0. The smallest absolute Gasteiger partial charge is 0.326 e. The molecule has 1 aliphatic rings. The van der Waals surface area contributed by atoms with E-state index in [1.807, 2.05) is 46.6 Å². The Kier molecular flexibility index (Phi) is 5.16. The van der Waals surface area contributed by atoms with Gasteiger partial charge in [-0.25, -0.2) is 14.8 Å². The predicted octanol–water partition coefficient (Wildman–Crippen LogP) is 3.76. The van der Waals surface area contributed by atoms with E-state index in [2.05, 4.69) is 38.9 Å². The van der Waals surface area contributed by atoms with Crippen LogP contribution in [0.15, 0.2) is 39.7 Å². The molecule has 0 aliphatic carbocycles. The fraction of sp³-hybridized carbons (Fsp3) is 0.400. The van der Waals surface area contributed by atoms with Crippen molar-refractivity contribution in [2.75, 3.05) is 18.0 Å². The average Bonchev–Trinajstić information content (AvgIpc) is 3.54. The van der Waals surface area contributed by atoms with Gasteiger partial charge in [0, 0.05) is 38.8 Å². The summed E-state index contributed by atoms with van der Waals surface area (Å²) in [6.45, 7) is 5.79. The maximum Gasteiger partial charge on any atom is 0.326 e. The minimum atomic E-state index is -0.0384. The summed E-state index contributed by atoms with van der Waals surface area (Å²) in [5.41, 5.74) is 5.58. The van der Waals surface area contributed by atoms with Crippen molar-refractivity contribution in [3.8, 4) is 11.7 Å². The first kappa shape index (κ1) is 21.6. The third kappa shape index (κ3) is 3.51. The summed E-state index contributed by atoms with van der Waals surface area (Å²) in [6, 6.07) is 8.04. The summed E-state index contributed by atoms with van der Waals surface area (Å²) in [5.74, 6) is 1.65. The molecule has 1 saturated heterocycles. The molecule has 10 nitrogen and oxygen atoms in total. The lowest BCUT2D eigenvalue weighted by molar-refractivity contribution is 0.396. The van der Waals surface area contributed by atoms with Gasteiger partial charge in [-0.05, 0) is 43.9 Å². The third-order valence-corrected chi connectivity index (χ3v) is 6.94. The fourth-order valence-corrected chi connectivity index (χ4v) is 5.24. The number of aryl methyl sites for hydroxylation is 3. The van der Waals surface area contributed by atoms with Crippen LogP contribution in [0.2, 0.25) is 0 Å². The summed E-state index contributed by atoms with van der Waals surface area (Å²) in [4.78, 5) is 27.6. The number of nitrogens with zero attached hydrogens (tertiary/aromatic N) is 7. The number of hydrogen-bond donors (Lipinski definition) is 1.